The lowest BCUT2D eigenvalue weighted by Crippen LogP contribution is -2.12. The van der Waals surface area contributed by atoms with E-state index in [9.17, 15) is 9.18 Å². The fourth-order valence-corrected chi connectivity index (χ4v) is 2.56. The van der Waals surface area contributed by atoms with Crippen LogP contribution in [0.15, 0.2) is 48.5 Å². The highest BCUT2D eigenvalue weighted by Crippen LogP contribution is 2.27. The smallest absolute Gasteiger partial charge is 0.344 e. The van der Waals surface area contributed by atoms with E-state index in [4.69, 9.17) is 32.7 Å². The van der Waals surface area contributed by atoms with Crippen molar-refractivity contribution in [1.82, 2.24) is 9.78 Å². The summed E-state index contributed by atoms with van der Waals surface area (Å²) >= 11 is 12.0. The topological polar surface area (TPSA) is 53.4 Å². The van der Waals surface area contributed by atoms with Gasteiger partial charge in [0.05, 0.1) is 33.6 Å². The number of carbonyl (C=O) groups is 1. The van der Waals surface area contributed by atoms with E-state index in [1.807, 2.05) is 0 Å². The number of methoxy groups -OCH3 is 1. The largest absolute Gasteiger partial charge is 0.404 e. The van der Waals surface area contributed by atoms with Crippen LogP contribution in [0.4, 0.5) is 4.39 Å². The Morgan fingerprint density at radius 1 is 1.15 bits per heavy atom. The van der Waals surface area contributed by atoms with Gasteiger partial charge in [-0.25, -0.2) is 13.9 Å². The Kier molecular flexibility index (Phi) is 5.56. The minimum Gasteiger partial charge on any atom is -0.404 e. The standard InChI is InChI=1S/C18H13Cl2FN2O3/c1-25-10-13-8-17(26-18(24)11-3-2-4-12(21)7-11)23(22-13)14-5-6-15(19)16(20)9-14/h2-9H,10H2,1H3. The molecule has 134 valence electrons. The maximum atomic E-state index is 13.3. The molecule has 0 N–H and O–H groups in total. The monoisotopic (exact) mass is 394 g/mol. The predicted molar refractivity (Wildman–Crippen MR) is 95.7 cm³/mol. The number of esters is 1. The normalized spacial score (nSPS) is 10.8. The fourth-order valence-electron chi connectivity index (χ4n) is 2.27. The zero-order valence-electron chi connectivity index (χ0n) is 13.6. The molecule has 0 bridgehead atoms. The number of hydrogen-bond acceptors (Lipinski definition) is 4. The molecule has 0 fully saturated rings. The molecule has 26 heavy (non-hydrogen) atoms. The van der Waals surface area contributed by atoms with E-state index in [0.717, 1.165) is 6.07 Å². The molecule has 0 amide bonds. The molecule has 0 radical (unpaired) electrons. The third-order valence-corrected chi connectivity index (χ3v) is 4.16. The number of aromatic nitrogens is 2. The fraction of sp³-hybridized carbons (Fsp3) is 0.111. The van der Waals surface area contributed by atoms with Crippen molar-refractivity contribution in [2.75, 3.05) is 7.11 Å². The number of hydrogen-bond donors (Lipinski definition) is 0. The average molecular weight is 395 g/mol. The van der Waals surface area contributed by atoms with Gasteiger partial charge in [-0.05, 0) is 36.4 Å². The van der Waals surface area contributed by atoms with E-state index in [-0.39, 0.29) is 18.1 Å². The molecule has 0 unspecified atom stereocenters. The second-order valence-electron chi connectivity index (χ2n) is 5.32. The molecule has 0 aliphatic rings. The molecule has 8 heteroatoms. The first-order chi connectivity index (χ1) is 12.5. The van der Waals surface area contributed by atoms with Crippen LogP contribution in [0.3, 0.4) is 0 Å². The minimum absolute atomic E-state index is 0.0835. The van der Waals surface area contributed by atoms with Gasteiger partial charge >= 0.3 is 5.97 Å². The number of ether oxygens (including phenoxy) is 2. The molecular weight excluding hydrogens is 382 g/mol. The van der Waals surface area contributed by atoms with Gasteiger partial charge in [-0.2, -0.15) is 5.10 Å². The molecule has 2 aromatic carbocycles. The number of rotatable bonds is 5. The van der Waals surface area contributed by atoms with Crippen molar-refractivity contribution >= 4 is 29.2 Å². The van der Waals surface area contributed by atoms with Crippen molar-refractivity contribution in [1.29, 1.82) is 0 Å². The summed E-state index contributed by atoms with van der Waals surface area (Å²) in [6.45, 7) is 0.221. The summed E-state index contributed by atoms with van der Waals surface area (Å²) < 4.78 is 25.2. The molecule has 0 aliphatic heterocycles. The number of carbonyl (C=O) groups excluding carboxylic acids is 1. The van der Waals surface area contributed by atoms with Crippen molar-refractivity contribution < 1.29 is 18.7 Å². The highest BCUT2D eigenvalue weighted by Gasteiger charge is 2.17. The molecule has 1 heterocycles. The Bertz CT molecular complexity index is 959. The summed E-state index contributed by atoms with van der Waals surface area (Å²) in [6, 6.07) is 11.7. The van der Waals surface area contributed by atoms with E-state index < -0.39 is 11.8 Å². The Morgan fingerprint density at radius 3 is 2.65 bits per heavy atom. The van der Waals surface area contributed by atoms with Gasteiger partial charge in [-0.15, -0.1) is 0 Å². The summed E-state index contributed by atoms with van der Waals surface area (Å²) in [5.74, 6) is -1.10. The highest BCUT2D eigenvalue weighted by molar-refractivity contribution is 6.42. The van der Waals surface area contributed by atoms with Gasteiger partial charge in [0, 0.05) is 13.2 Å². The van der Waals surface area contributed by atoms with Crippen molar-refractivity contribution in [2.24, 2.45) is 0 Å². The molecule has 3 aromatic rings. The number of nitrogens with zero attached hydrogens (tertiary/aromatic N) is 2. The van der Waals surface area contributed by atoms with E-state index >= 15 is 0 Å². The second kappa shape index (κ2) is 7.86. The minimum atomic E-state index is -0.713. The molecular formula is C18H13Cl2FN2O3. The molecule has 1 aromatic heterocycles. The van der Waals surface area contributed by atoms with Gasteiger partial charge in [0.1, 0.15) is 5.82 Å². The first kappa shape index (κ1) is 18.4. The number of benzene rings is 2. The maximum absolute atomic E-state index is 13.3. The van der Waals surface area contributed by atoms with E-state index in [2.05, 4.69) is 5.10 Å². The van der Waals surface area contributed by atoms with Crippen LogP contribution in [0.1, 0.15) is 16.1 Å². The SMILES string of the molecule is COCc1cc(OC(=O)c2cccc(F)c2)n(-c2ccc(Cl)c(Cl)c2)n1. The Hall–Kier alpha value is -2.41. The van der Waals surface area contributed by atoms with Crippen LogP contribution in [0.5, 0.6) is 5.88 Å². The zero-order valence-corrected chi connectivity index (χ0v) is 15.1. The van der Waals surface area contributed by atoms with Crippen LogP contribution >= 0.6 is 23.2 Å². The molecule has 0 spiro atoms. The van der Waals surface area contributed by atoms with Crippen LogP contribution in [0.25, 0.3) is 5.69 Å². The Balaban J connectivity index is 1.97. The summed E-state index contributed by atoms with van der Waals surface area (Å²) in [4.78, 5) is 12.3. The summed E-state index contributed by atoms with van der Waals surface area (Å²) in [6.07, 6.45) is 0. The quantitative estimate of drug-likeness (QED) is 0.589. The lowest BCUT2D eigenvalue weighted by molar-refractivity contribution is 0.0722. The average Bonchev–Trinajstić information content (AvgIpc) is 3.00. The molecule has 3 rings (SSSR count). The Morgan fingerprint density at radius 2 is 1.96 bits per heavy atom. The number of halogens is 3. The van der Waals surface area contributed by atoms with E-state index in [1.54, 1.807) is 24.3 Å². The maximum Gasteiger partial charge on any atom is 0.344 e. The third-order valence-electron chi connectivity index (χ3n) is 3.42. The van der Waals surface area contributed by atoms with Crippen molar-refractivity contribution in [3.63, 3.8) is 0 Å². The van der Waals surface area contributed by atoms with Gasteiger partial charge in [0.15, 0.2) is 0 Å². The second-order valence-corrected chi connectivity index (χ2v) is 6.13. The van der Waals surface area contributed by atoms with E-state index in [0.29, 0.717) is 21.4 Å². The van der Waals surface area contributed by atoms with Crippen molar-refractivity contribution in [3.8, 4) is 11.6 Å². The Labute approximate surface area is 158 Å². The first-order valence-corrected chi connectivity index (χ1v) is 8.24. The third kappa shape index (κ3) is 4.04. The van der Waals surface area contributed by atoms with Gasteiger partial charge in [-0.3, -0.25) is 0 Å². The van der Waals surface area contributed by atoms with Crippen molar-refractivity contribution in [2.45, 2.75) is 6.61 Å². The predicted octanol–water partition coefficient (Wildman–Crippen LogP) is 4.68. The van der Waals surface area contributed by atoms with Crippen LogP contribution in [0.2, 0.25) is 10.0 Å². The van der Waals surface area contributed by atoms with Gasteiger partial charge in [0.25, 0.3) is 0 Å². The van der Waals surface area contributed by atoms with Crippen LogP contribution < -0.4 is 4.74 Å². The molecule has 0 saturated heterocycles. The van der Waals surface area contributed by atoms with Gasteiger partial charge in [-0.1, -0.05) is 29.3 Å². The summed E-state index contributed by atoms with van der Waals surface area (Å²) in [7, 11) is 1.52. The lowest BCUT2D eigenvalue weighted by atomic mass is 10.2. The van der Waals surface area contributed by atoms with Crippen LogP contribution in [0, 0.1) is 5.82 Å². The first-order valence-electron chi connectivity index (χ1n) is 7.49. The molecule has 0 aliphatic carbocycles. The zero-order chi connectivity index (χ0) is 18.7. The summed E-state index contributed by atoms with van der Waals surface area (Å²) in [5, 5.41) is 5.06. The highest BCUT2D eigenvalue weighted by atomic mass is 35.5. The van der Waals surface area contributed by atoms with Crippen LogP contribution in [-0.4, -0.2) is 22.9 Å². The van der Waals surface area contributed by atoms with E-state index in [1.165, 1.54) is 30.0 Å². The van der Waals surface area contributed by atoms with Gasteiger partial charge < -0.3 is 9.47 Å². The summed E-state index contributed by atoms with van der Waals surface area (Å²) in [5.41, 5.74) is 1.17. The van der Waals surface area contributed by atoms with Gasteiger partial charge in [0.2, 0.25) is 5.88 Å². The molecule has 0 saturated carbocycles. The lowest BCUT2D eigenvalue weighted by Gasteiger charge is -2.09. The van der Waals surface area contributed by atoms with Crippen LogP contribution in [-0.2, 0) is 11.3 Å². The van der Waals surface area contributed by atoms with Crippen molar-refractivity contribution in [3.05, 3.63) is 75.7 Å². The molecule has 5 nitrogen and oxygen atoms in total. The molecule has 0 atom stereocenters.